The van der Waals surface area contributed by atoms with Gasteiger partial charge in [-0.25, -0.2) is 0 Å². The Hall–Kier alpha value is -1.80. The molecule has 0 saturated carbocycles. The van der Waals surface area contributed by atoms with Gasteiger partial charge in [-0.05, 0) is 6.07 Å². The van der Waals surface area contributed by atoms with E-state index in [4.69, 9.17) is 11.6 Å². The first-order valence-corrected chi connectivity index (χ1v) is 5.34. The number of H-pyrrole nitrogens is 1. The highest BCUT2D eigenvalue weighted by atomic mass is 35.5. The van der Waals surface area contributed by atoms with E-state index in [1.54, 1.807) is 12.3 Å². The minimum atomic E-state index is -0.0126. The fourth-order valence-electron chi connectivity index (χ4n) is 1.97. The maximum absolute atomic E-state index is 11.7. The second-order valence-corrected chi connectivity index (χ2v) is 4.08. The third kappa shape index (κ3) is 1.24. The number of aromatic nitrogens is 1. The predicted octanol–water partition coefficient (Wildman–Crippen LogP) is 3.33. The molecule has 0 unspecified atom stereocenters. The minimum Gasteiger partial charge on any atom is -0.360 e. The molecule has 1 aromatic heterocycles. The van der Waals surface area contributed by atoms with E-state index in [1.165, 1.54) is 6.07 Å². The topological polar surface area (TPSA) is 32.9 Å². The second kappa shape index (κ2) is 3.35. The molecular formula is C13H8ClNO. The van der Waals surface area contributed by atoms with Crippen molar-refractivity contribution in [3.63, 3.8) is 0 Å². The zero-order chi connectivity index (χ0) is 11.1. The first kappa shape index (κ1) is 9.43. The molecule has 1 heterocycles. The maximum atomic E-state index is 11.7. The summed E-state index contributed by atoms with van der Waals surface area (Å²) in [4.78, 5) is 14.8. The molecule has 0 amide bonds. The van der Waals surface area contributed by atoms with Crippen molar-refractivity contribution in [3.8, 4) is 0 Å². The Kier molecular flexibility index (Phi) is 1.98. The van der Waals surface area contributed by atoms with Crippen LogP contribution >= 0.6 is 11.6 Å². The molecule has 0 aliphatic rings. The quantitative estimate of drug-likeness (QED) is 0.590. The highest BCUT2D eigenvalue weighted by Crippen LogP contribution is 2.28. The molecule has 78 valence electrons. The lowest BCUT2D eigenvalue weighted by Crippen LogP contribution is -2.00. The van der Waals surface area contributed by atoms with Crippen LogP contribution in [0.15, 0.2) is 47.4 Å². The highest BCUT2D eigenvalue weighted by molar-refractivity contribution is 6.37. The van der Waals surface area contributed by atoms with E-state index in [-0.39, 0.29) is 5.43 Å². The molecule has 0 radical (unpaired) electrons. The van der Waals surface area contributed by atoms with Crippen molar-refractivity contribution >= 4 is 33.3 Å². The highest BCUT2D eigenvalue weighted by Gasteiger charge is 2.06. The van der Waals surface area contributed by atoms with E-state index in [0.717, 1.165) is 16.3 Å². The molecule has 3 aromatic rings. The van der Waals surface area contributed by atoms with Gasteiger partial charge in [0, 0.05) is 33.4 Å². The standard InChI is InChI=1S/C13H8ClNO/c14-11-7-10-12(16)5-6-15-13(10)9-4-2-1-3-8(9)11/h1-7H,(H,15,16). The number of benzene rings is 2. The molecule has 2 aromatic carbocycles. The van der Waals surface area contributed by atoms with Crippen molar-refractivity contribution in [2.75, 3.05) is 0 Å². The summed E-state index contributed by atoms with van der Waals surface area (Å²) >= 11 is 6.16. The van der Waals surface area contributed by atoms with Gasteiger partial charge in [-0.2, -0.15) is 0 Å². The number of hydrogen-bond donors (Lipinski definition) is 1. The van der Waals surface area contributed by atoms with Crippen LogP contribution in [0.1, 0.15) is 0 Å². The number of pyridine rings is 1. The van der Waals surface area contributed by atoms with Gasteiger partial charge >= 0.3 is 0 Å². The molecular weight excluding hydrogens is 222 g/mol. The number of hydrogen-bond acceptors (Lipinski definition) is 1. The van der Waals surface area contributed by atoms with Crippen LogP contribution in [0, 0.1) is 0 Å². The van der Waals surface area contributed by atoms with Crippen molar-refractivity contribution in [1.82, 2.24) is 4.98 Å². The summed E-state index contributed by atoms with van der Waals surface area (Å²) in [6.07, 6.45) is 1.66. The predicted molar refractivity (Wildman–Crippen MR) is 67.1 cm³/mol. The zero-order valence-corrected chi connectivity index (χ0v) is 9.08. The van der Waals surface area contributed by atoms with E-state index < -0.39 is 0 Å². The van der Waals surface area contributed by atoms with E-state index in [0.29, 0.717) is 10.4 Å². The molecule has 1 N–H and O–H groups in total. The number of aromatic amines is 1. The van der Waals surface area contributed by atoms with Crippen molar-refractivity contribution < 1.29 is 0 Å². The molecule has 3 rings (SSSR count). The summed E-state index contributed by atoms with van der Waals surface area (Å²) < 4.78 is 0. The van der Waals surface area contributed by atoms with Gasteiger partial charge in [0.2, 0.25) is 0 Å². The van der Waals surface area contributed by atoms with Crippen LogP contribution in [-0.2, 0) is 0 Å². The van der Waals surface area contributed by atoms with Crippen molar-refractivity contribution in [3.05, 3.63) is 57.8 Å². The Morgan fingerprint density at radius 2 is 1.75 bits per heavy atom. The Balaban J connectivity index is 2.70. The lowest BCUT2D eigenvalue weighted by Gasteiger charge is -2.04. The van der Waals surface area contributed by atoms with Crippen LogP contribution in [-0.4, -0.2) is 4.98 Å². The molecule has 0 atom stereocenters. The fraction of sp³-hybridized carbons (Fsp3) is 0. The second-order valence-electron chi connectivity index (χ2n) is 3.67. The van der Waals surface area contributed by atoms with E-state index >= 15 is 0 Å². The van der Waals surface area contributed by atoms with Crippen LogP contribution in [0.5, 0.6) is 0 Å². The van der Waals surface area contributed by atoms with Gasteiger partial charge in [-0.1, -0.05) is 35.9 Å². The zero-order valence-electron chi connectivity index (χ0n) is 8.33. The average Bonchev–Trinajstić information content (AvgIpc) is 2.31. The van der Waals surface area contributed by atoms with E-state index in [1.807, 2.05) is 24.3 Å². The maximum Gasteiger partial charge on any atom is 0.189 e. The van der Waals surface area contributed by atoms with Crippen LogP contribution in [0.2, 0.25) is 5.02 Å². The monoisotopic (exact) mass is 229 g/mol. The summed E-state index contributed by atoms with van der Waals surface area (Å²) in [6, 6.07) is 11.0. The number of nitrogens with one attached hydrogen (secondary N) is 1. The van der Waals surface area contributed by atoms with Gasteiger partial charge in [-0.15, -0.1) is 0 Å². The third-order valence-electron chi connectivity index (χ3n) is 2.72. The number of fused-ring (bicyclic) bond motifs is 3. The number of rotatable bonds is 0. The molecule has 2 nitrogen and oxygen atoms in total. The molecule has 0 aliphatic carbocycles. The lowest BCUT2D eigenvalue weighted by atomic mass is 10.1. The van der Waals surface area contributed by atoms with Crippen molar-refractivity contribution in [2.24, 2.45) is 0 Å². The Morgan fingerprint density at radius 3 is 2.56 bits per heavy atom. The summed E-state index contributed by atoms with van der Waals surface area (Å²) in [5, 5.41) is 3.17. The molecule has 0 spiro atoms. The molecule has 0 aliphatic heterocycles. The fourth-order valence-corrected chi connectivity index (χ4v) is 2.25. The molecule has 0 fully saturated rings. The van der Waals surface area contributed by atoms with Crippen LogP contribution in [0.4, 0.5) is 0 Å². The van der Waals surface area contributed by atoms with Gasteiger partial charge < -0.3 is 4.98 Å². The van der Waals surface area contributed by atoms with Crippen LogP contribution < -0.4 is 5.43 Å². The van der Waals surface area contributed by atoms with Gasteiger partial charge in [0.1, 0.15) is 0 Å². The normalized spacial score (nSPS) is 11.1. The minimum absolute atomic E-state index is 0.0126. The first-order valence-electron chi connectivity index (χ1n) is 4.96. The van der Waals surface area contributed by atoms with Crippen LogP contribution in [0.3, 0.4) is 0 Å². The SMILES string of the molecule is O=c1cc[nH]c2c1cc(Cl)c1ccccc12. The molecule has 3 heteroatoms. The summed E-state index contributed by atoms with van der Waals surface area (Å²) in [5.41, 5.74) is 0.828. The summed E-state index contributed by atoms with van der Waals surface area (Å²) in [7, 11) is 0. The Bertz CT molecular complexity index is 746. The number of halogens is 1. The van der Waals surface area contributed by atoms with Crippen LogP contribution in [0.25, 0.3) is 21.7 Å². The smallest absolute Gasteiger partial charge is 0.189 e. The average molecular weight is 230 g/mol. The van der Waals surface area contributed by atoms with Gasteiger partial charge in [0.25, 0.3) is 0 Å². The molecule has 0 saturated heterocycles. The summed E-state index contributed by atoms with van der Waals surface area (Å²) in [5.74, 6) is 0. The Labute approximate surface area is 96.5 Å². The first-order chi connectivity index (χ1) is 7.77. The van der Waals surface area contributed by atoms with E-state index in [2.05, 4.69) is 4.98 Å². The van der Waals surface area contributed by atoms with Gasteiger partial charge in [0.05, 0.1) is 5.52 Å². The third-order valence-corrected chi connectivity index (χ3v) is 3.03. The molecule has 16 heavy (non-hydrogen) atoms. The van der Waals surface area contributed by atoms with Gasteiger partial charge in [-0.3, -0.25) is 4.79 Å². The van der Waals surface area contributed by atoms with Crippen molar-refractivity contribution in [1.29, 1.82) is 0 Å². The van der Waals surface area contributed by atoms with Crippen molar-refractivity contribution in [2.45, 2.75) is 0 Å². The molecule has 0 bridgehead atoms. The van der Waals surface area contributed by atoms with Gasteiger partial charge in [0.15, 0.2) is 5.43 Å². The Morgan fingerprint density at radius 1 is 1.00 bits per heavy atom. The van der Waals surface area contributed by atoms with E-state index in [9.17, 15) is 4.79 Å². The largest absolute Gasteiger partial charge is 0.360 e. The lowest BCUT2D eigenvalue weighted by molar-refractivity contribution is 1.40. The summed E-state index contributed by atoms with van der Waals surface area (Å²) in [6.45, 7) is 0.